The number of aromatic carboxylic acids is 1. The Morgan fingerprint density at radius 1 is 1.29 bits per heavy atom. The first-order chi connectivity index (χ1) is 9.97. The molecule has 1 amide bonds. The fourth-order valence-electron chi connectivity index (χ4n) is 1.76. The summed E-state index contributed by atoms with van der Waals surface area (Å²) in [6, 6.07) is 7.06. The monoisotopic (exact) mass is 431 g/mol. The molecule has 1 aromatic heterocycles. The van der Waals surface area contributed by atoms with Gasteiger partial charge in [0.1, 0.15) is 0 Å². The van der Waals surface area contributed by atoms with E-state index in [1.54, 1.807) is 17.4 Å². The summed E-state index contributed by atoms with van der Waals surface area (Å²) in [6.45, 7) is 0. The molecule has 1 aromatic carbocycles. The number of anilines is 1. The van der Waals surface area contributed by atoms with Crippen molar-refractivity contribution >= 4 is 60.8 Å². The second kappa shape index (κ2) is 7.20. The van der Waals surface area contributed by atoms with Crippen molar-refractivity contribution in [3.8, 4) is 0 Å². The second-order valence-electron chi connectivity index (χ2n) is 4.24. The summed E-state index contributed by atoms with van der Waals surface area (Å²) < 4.78 is 1.15. The van der Waals surface area contributed by atoms with Crippen molar-refractivity contribution in [1.82, 2.24) is 0 Å². The average molecular weight is 433 g/mol. The van der Waals surface area contributed by atoms with Gasteiger partial charge in [-0.25, -0.2) is 4.79 Å². The maximum Gasteiger partial charge on any atom is 0.337 e. The van der Waals surface area contributed by atoms with E-state index in [0.717, 1.165) is 4.88 Å². The van der Waals surface area contributed by atoms with Gasteiger partial charge in [-0.3, -0.25) is 4.79 Å². The summed E-state index contributed by atoms with van der Waals surface area (Å²) in [5.74, 6) is -1.31. The zero-order valence-corrected chi connectivity index (χ0v) is 14.7. The Balaban J connectivity index is 2.11. The molecule has 0 spiro atoms. The third-order valence-electron chi connectivity index (χ3n) is 2.73. The topological polar surface area (TPSA) is 66.4 Å². The van der Waals surface area contributed by atoms with E-state index in [9.17, 15) is 14.7 Å². The molecule has 2 rings (SSSR count). The quantitative estimate of drug-likeness (QED) is 0.728. The normalized spacial score (nSPS) is 10.4. The lowest BCUT2D eigenvalue weighted by Gasteiger charge is -2.11. The molecule has 2 N–H and O–H groups in total. The highest BCUT2D eigenvalue weighted by Gasteiger charge is 2.16. The van der Waals surface area contributed by atoms with Gasteiger partial charge in [0.2, 0.25) is 5.91 Å². The van der Waals surface area contributed by atoms with Crippen LogP contribution >= 0.6 is 43.2 Å². The molecule has 0 aliphatic carbocycles. The lowest BCUT2D eigenvalue weighted by Crippen LogP contribution is -2.15. The lowest BCUT2D eigenvalue weighted by molar-refractivity contribution is -0.116. The Morgan fingerprint density at radius 3 is 2.67 bits per heavy atom. The van der Waals surface area contributed by atoms with E-state index in [1.165, 1.54) is 6.07 Å². The van der Waals surface area contributed by atoms with Crippen LogP contribution in [0.4, 0.5) is 5.69 Å². The number of hydrogen-bond donors (Lipinski definition) is 2. The van der Waals surface area contributed by atoms with Gasteiger partial charge in [-0.2, -0.15) is 0 Å². The Labute approximate surface area is 142 Å². The lowest BCUT2D eigenvalue weighted by atomic mass is 10.1. The largest absolute Gasteiger partial charge is 0.478 e. The van der Waals surface area contributed by atoms with Crippen LogP contribution in [0.15, 0.2) is 38.6 Å². The van der Waals surface area contributed by atoms with Crippen LogP contribution in [0.3, 0.4) is 0 Å². The average Bonchev–Trinajstić information content (AvgIpc) is 2.92. The van der Waals surface area contributed by atoms with Crippen molar-refractivity contribution in [2.45, 2.75) is 12.8 Å². The smallest absolute Gasteiger partial charge is 0.337 e. The minimum atomic E-state index is -1.09. The standard InChI is InChI=1S/C14H11Br2NO3S/c15-8-6-10(14(19)20)13(11(16)7-8)17-12(18)4-3-9-2-1-5-21-9/h1-2,5-7H,3-4H2,(H,17,18)(H,19,20). The highest BCUT2D eigenvalue weighted by molar-refractivity contribution is 9.11. The summed E-state index contributed by atoms with van der Waals surface area (Å²) in [7, 11) is 0. The first-order valence-electron chi connectivity index (χ1n) is 6.02. The van der Waals surface area contributed by atoms with Crippen molar-refractivity contribution in [3.63, 3.8) is 0 Å². The van der Waals surface area contributed by atoms with Crippen LogP contribution in [0.25, 0.3) is 0 Å². The van der Waals surface area contributed by atoms with Gasteiger partial charge in [-0.15, -0.1) is 11.3 Å². The molecule has 0 fully saturated rings. The van der Waals surface area contributed by atoms with E-state index in [1.807, 2.05) is 17.5 Å². The molecular weight excluding hydrogens is 422 g/mol. The fourth-order valence-corrected chi connectivity index (χ4v) is 3.80. The molecule has 0 radical (unpaired) electrons. The molecule has 0 aliphatic heterocycles. The van der Waals surface area contributed by atoms with E-state index in [2.05, 4.69) is 37.2 Å². The molecule has 0 saturated heterocycles. The van der Waals surface area contributed by atoms with E-state index in [-0.39, 0.29) is 17.2 Å². The van der Waals surface area contributed by atoms with Crippen LogP contribution in [-0.4, -0.2) is 17.0 Å². The maximum atomic E-state index is 12.0. The van der Waals surface area contributed by atoms with Crippen LogP contribution in [0, 0.1) is 0 Å². The number of carboxylic acid groups (broad SMARTS) is 1. The first-order valence-corrected chi connectivity index (χ1v) is 8.48. The van der Waals surface area contributed by atoms with Crippen molar-refractivity contribution < 1.29 is 14.7 Å². The number of thiophene rings is 1. The van der Waals surface area contributed by atoms with Crippen LogP contribution in [0.2, 0.25) is 0 Å². The molecule has 0 saturated carbocycles. The molecule has 21 heavy (non-hydrogen) atoms. The van der Waals surface area contributed by atoms with E-state index >= 15 is 0 Å². The molecule has 1 heterocycles. The predicted molar refractivity (Wildman–Crippen MR) is 90.1 cm³/mol. The summed E-state index contributed by atoms with van der Waals surface area (Å²) in [5, 5.41) is 13.8. The number of aryl methyl sites for hydroxylation is 1. The molecule has 0 atom stereocenters. The number of nitrogens with one attached hydrogen (secondary N) is 1. The van der Waals surface area contributed by atoms with Crippen molar-refractivity contribution in [2.75, 3.05) is 5.32 Å². The summed E-state index contributed by atoms with van der Waals surface area (Å²) >= 11 is 8.11. The third kappa shape index (κ3) is 4.39. The van der Waals surface area contributed by atoms with E-state index < -0.39 is 5.97 Å². The highest BCUT2D eigenvalue weighted by atomic mass is 79.9. The van der Waals surface area contributed by atoms with Gasteiger partial charge in [-0.05, 0) is 45.9 Å². The molecule has 110 valence electrons. The van der Waals surface area contributed by atoms with Gasteiger partial charge in [0.25, 0.3) is 0 Å². The van der Waals surface area contributed by atoms with Crippen molar-refractivity contribution in [1.29, 1.82) is 0 Å². The molecule has 4 nitrogen and oxygen atoms in total. The zero-order chi connectivity index (χ0) is 15.4. The number of benzene rings is 1. The summed E-state index contributed by atoms with van der Waals surface area (Å²) in [5.41, 5.74) is 0.322. The summed E-state index contributed by atoms with van der Waals surface area (Å²) in [4.78, 5) is 24.4. The number of amides is 1. The van der Waals surface area contributed by atoms with Crippen LogP contribution in [-0.2, 0) is 11.2 Å². The second-order valence-corrected chi connectivity index (χ2v) is 7.05. The van der Waals surface area contributed by atoms with Gasteiger partial charge in [0, 0.05) is 20.2 Å². The number of rotatable bonds is 5. The number of carbonyl (C=O) groups excluding carboxylic acids is 1. The molecular formula is C14H11Br2NO3S. The Morgan fingerprint density at radius 2 is 2.05 bits per heavy atom. The maximum absolute atomic E-state index is 12.0. The fraction of sp³-hybridized carbons (Fsp3) is 0.143. The van der Waals surface area contributed by atoms with Gasteiger partial charge >= 0.3 is 5.97 Å². The Kier molecular flexibility index (Phi) is 5.55. The van der Waals surface area contributed by atoms with Gasteiger partial charge in [-0.1, -0.05) is 22.0 Å². The summed E-state index contributed by atoms with van der Waals surface area (Å²) in [6.07, 6.45) is 0.947. The van der Waals surface area contributed by atoms with E-state index in [4.69, 9.17) is 0 Å². The Bertz CT molecular complexity index is 671. The zero-order valence-electron chi connectivity index (χ0n) is 10.7. The molecule has 0 aliphatic rings. The Hall–Kier alpha value is -1.18. The SMILES string of the molecule is O=C(CCc1cccs1)Nc1c(Br)cc(Br)cc1C(=O)O. The van der Waals surface area contributed by atoms with Gasteiger partial charge < -0.3 is 10.4 Å². The number of hydrogen-bond acceptors (Lipinski definition) is 3. The molecule has 0 unspecified atom stereocenters. The minimum absolute atomic E-state index is 0.0423. The molecule has 7 heteroatoms. The third-order valence-corrected chi connectivity index (χ3v) is 4.75. The predicted octanol–water partition coefficient (Wildman–Crippen LogP) is 4.54. The van der Waals surface area contributed by atoms with Crippen molar-refractivity contribution in [3.05, 3.63) is 49.0 Å². The van der Waals surface area contributed by atoms with Crippen LogP contribution in [0.5, 0.6) is 0 Å². The van der Waals surface area contributed by atoms with Crippen LogP contribution in [0.1, 0.15) is 21.7 Å². The van der Waals surface area contributed by atoms with Gasteiger partial charge in [0.15, 0.2) is 0 Å². The number of carboxylic acids is 1. The minimum Gasteiger partial charge on any atom is -0.478 e. The van der Waals surface area contributed by atoms with E-state index in [0.29, 0.717) is 21.8 Å². The number of carbonyl (C=O) groups is 2. The molecule has 0 bridgehead atoms. The molecule has 2 aromatic rings. The first kappa shape index (κ1) is 16.2. The highest BCUT2D eigenvalue weighted by Crippen LogP contribution is 2.31. The van der Waals surface area contributed by atoms with Gasteiger partial charge in [0.05, 0.1) is 11.3 Å². The van der Waals surface area contributed by atoms with Crippen molar-refractivity contribution in [2.24, 2.45) is 0 Å². The number of halogens is 2. The van der Waals surface area contributed by atoms with Crippen LogP contribution < -0.4 is 5.32 Å².